The summed E-state index contributed by atoms with van der Waals surface area (Å²) in [6, 6.07) is 5.95. The number of amides is 1. The molecule has 2 aliphatic rings. The van der Waals surface area contributed by atoms with Crippen LogP contribution in [0.3, 0.4) is 0 Å². The van der Waals surface area contributed by atoms with Crippen LogP contribution < -0.4 is 5.32 Å². The summed E-state index contributed by atoms with van der Waals surface area (Å²) in [5.74, 6) is -3.61. The molecule has 39 heavy (non-hydrogen) atoms. The fraction of sp³-hybridized carbons (Fsp3) is 0.552. The van der Waals surface area contributed by atoms with Gasteiger partial charge in [0.1, 0.15) is 41.2 Å². The van der Waals surface area contributed by atoms with Crippen molar-refractivity contribution < 1.29 is 35.9 Å². The number of carbonyl (C=O) groups excluding carboxylic acids is 1. The first kappa shape index (κ1) is 30.8. The van der Waals surface area contributed by atoms with E-state index in [1.807, 2.05) is 0 Å². The van der Waals surface area contributed by atoms with Crippen LogP contribution in [0.5, 0.6) is 0 Å². The molecule has 0 spiro atoms. The molecule has 4 nitrogen and oxygen atoms in total. The minimum atomic E-state index is -1.50. The number of likely N-dealkylation sites (tertiary alicyclic amines) is 1. The van der Waals surface area contributed by atoms with Gasteiger partial charge in [-0.1, -0.05) is 12.1 Å². The van der Waals surface area contributed by atoms with Crippen molar-refractivity contribution in [1.82, 2.24) is 10.2 Å². The summed E-state index contributed by atoms with van der Waals surface area (Å²) in [5, 5.41) is 3.12. The number of carbonyl (C=O) groups is 1. The van der Waals surface area contributed by atoms with Crippen LogP contribution in [0.2, 0.25) is 0 Å². The van der Waals surface area contributed by atoms with E-state index in [-0.39, 0.29) is 17.0 Å². The Morgan fingerprint density at radius 1 is 0.821 bits per heavy atom. The Kier molecular flexibility index (Phi) is 10.7. The Morgan fingerprint density at radius 3 is 1.67 bits per heavy atom. The number of nitrogens with one attached hydrogen (secondary N) is 1. The SMILES string of the molecule is CC(C)(C)OC(=O)N1CCC(C(F)c2ccc(F)cc2F)CC1.Fc1ccc([C@@H](F)C2CCNCC2)c(F)c1. The highest BCUT2D eigenvalue weighted by Gasteiger charge is 2.32. The molecule has 2 atom stereocenters. The second-order valence-electron chi connectivity index (χ2n) is 11.0. The standard InChI is InChI=1S/C17H22F3NO2.C12H14F3N/c1-17(2,3)23-16(22)21-8-6-11(7-9-21)15(20)13-5-4-12(18)10-14(13)19;13-9-1-2-10(11(14)7-9)12(15)8-3-5-16-6-4-8/h4-5,10-11,15H,6-9H2,1-3H3;1-2,7-8,12,16H,3-6H2/t;12-/m.0/s1. The largest absolute Gasteiger partial charge is 0.444 e. The zero-order valence-electron chi connectivity index (χ0n) is 22.5. The zero-order chi connectivity index (χ0) is 28.7. The van der Waals surface area contributed by atoms with Crippen LogP contribution in [0.25, 0.3) is 0 Å². The first-order chi connectivity index (χ1) is 18.4. The van der Waals surface area contributed by atoms with Crippen LogP contribution in [0.4, 0.5) is 31.1 Å². The molecule has 0 saturated carbocycles. The minimum Gasteiger partial charge on any atom is -0.444 e. The van der Waals surface area contributed by atoms with Crippen LogP contribution >= 0.6 is 0 Å². The van der Waals surface area contributed by atoms with Gasteiger partial charge in [-0.15, -0.1) is 0 Å². The quantitative estimate of drug-likeness (QED) is 0.393. The Labute approximate surface area is 225 Å². The summed E-state index contributed by atoms with van der Waals surface area (Å²) < 4.78 is 86.5. The van der Waals surface area contributed by atoms with Crippen molar-refractivity contribution in [3.8, 4) is 0 Å². The normalized spacial score (nSPS) is 18.6. The number of benzene rings is 2. The van der Waals surface area contributed by atoms with E-state index in [1.54, 1.807) is 20.8 Å². The maximum absolute atomic E-state index is 14.5. The van der Waals surface area contributed by atoms with E-state index in [9.17, 15) is 31.1 Å². The third-order valence-electron chi connectivity index (χ3n) is 6.92. The number of alkyl halides is 2. The van der Waals surface area contributed by atoms with E-state index >= 15 is 0 Å². The molecule has 2 aromatic carbocycles. The Hall–Kier alpha value is -2.75. The molecule has 0 aromatic heterocycles. The molecule has 0 aliphatic carbocycles. The molecule has 2 aromatic rings. The van der Waals surface area contributed by atoms with Crippen molar-refractivity contribution in [2.45, 2.75) is 64.4 Å². The highest BCUT2D eigenvalue weighted by Crippen LogP contribution is 2.36. The molecular formula is C29H36F6N2O2. The summed E-state index contributed by atoms with van der Waals surface area (Å²) in [4.78, 5) is 13.5. The van der Waals surface area contributed by atoms with Crippen molar-refractivity contribution in [3.05, 3.63) is 70.8 Å². The van der Waals surface area contributed by atoms with Gasteiger partial charge in [0.25, 0.3) is 0 Å². The summed E-state index contributed by atoms with van der Waals surface area (Å²) in [7, 11) is 0. The third kappa shape index (κ3) is 8.88. The van der Waals surface area contributed by atoms with E-state index in [4.69, 9.17) is 4.74 Å². The van der Waals surface area contributed by atoms with Crippen LogP contribution in [0.1, 0.15) is 69.9 Å². The van der Waals surface area contributed by atoms with Crippen molar-refractivity contribution in [1.29, 1.82) is 0 Å². The van der Waals surface area contributed by atoms with Crippen molar-refractivity contribution in [2.75, 3.05) is 26.2 Å². The lowest BCUT2D eigenvalue weighted by atomic mass is 9.88. The molecule has 216 valence electrons. The average molecular weight is 559 g/mol. The fourth-order valence-corrected chi connectivity index (χ4v) is 4.80. The van der Waals surface area contributed by atoms with Gasteiger partial charge in [-0.3, -0.25) is 0 Å². The van der Waals surface area contributed by atoms with Gasteiger partial charge in [0.05, 0.1) is 0 Å². The van der Waals surface area contributed by atoms with E-state index in [0.29, 0.717) is 44.8 Å². The molecule has 4 rings (SSSR count). The van der Waals surface area contributed by atoms with Crippen LogP contribution in [0, 0.1) is 35.1 Å². The lowest BCUT2D eigenvalue weighted by Gasteiger charge is -2.34. The predicted molar refractivity (Wildman–Crippen MR) is 137 cm³/mol. The third-order valence-corrected chi connectivity index (χ3v) is 6.92. The second-order valence-corrected chi connectivity index (χ2v) is 11.0. The topological polar surface area (TPSA) is 41.6 Å². The fourth-order valence-electron chi connectivity index (χ4n) is 4.80. The van der Waals surface area contributed by atoms with E-state index in [2.05, 4.69) is 5.32 Å². The second kappa shape index (κ2) is 13.5. The maximum Gasteiger partial charge on any atom is 0.410 e. The molecule has 2 saturated heterocycles. The summed E-state index contributed by atoms with van der Waals surface area (Å²) in [6.07, 6.45) is -1.04. The number of piperidine rings is 2. The highest BCUT2D eigenvalue weighted by atomic mass is 19.2. The molecule has 2 heterocycles. The van der Waals surface area contributed by atoms with Gasteiger partial charge in [0, 0.05) is 36.3 Å². The van der Waals surface area contributed by atoms with Gasteiger partial charge in [-0.05, 0) is 83.5 Å². The molecule has 1 unspecified atom stereocenters. The minimum absolute atomic E-state index is 0.0201. The summed E-state index contributed by atoms with van der Waals surface area (Å²) in [6.45, 7) is 7.60. The molecule has 0 radical (unpaired) electrons. The Balaban J connectivity index is 0.000000230. The van der Waals surface area contributed by atoms with E-state index in [0.717, 1.165) is 37.4 Å². The van der Waals surface area contributed by atoms with E-state index < -0.39 is 53.2 Å². The van der Waals surface area contributed by atoms with Crippen molar-refractivity contribution in [3.63, 3.8) is 0 Å². The maximum atomic E-state index is 14.5. The first-order valence-electron chi connectivity index (χ1n) is 13.2. The molecule has 2 fully saturated rings. The smallest absolute Gasteiger partial charge is 0.410 e. The van der Waals surface area contributed by atoms with Crippen LogP contribution in [-0.2, 0) is 4.74 Å². The van der Waals surface area contributed by atoms with Crippen molar-refractivity contribution >= 4 is 6.09 Å². The van der Waals surface area contributed by atoms with E-state index in [1.165, 1.54) is 11.0 Å². The predicted octanol–water partition coefficient (Wildman–Crippen LogP) is 7.60. The number of halogens is 6. The number of hydrogen-bond acceptors (Lipinski definition) is 3. The van der Waals surface area contributed by atoms with Crippen molar-refractivity contribution in [2.24, 2.45) is 11.8 Å². The number of rotatable bonds is 4. The Bertz CT molecular complexity index is 1100. The summed E-state index contributed by atoms with van der Waals surface area (Å²) >= 11 is 0. The molecule has 2 aliphatic heterocycles. The number of ether oxygens (including phenoxy) is 1. The molecular weight excluding hydrogens is 522 g/mol. The molecule has 1 amide bonds. The monoisotopic (exact) mass is 558 g/mol. The van der Waals surface area contributed by atoms with Gasteiger partial charge in [0.15, 0.2) is 0 Å². The lowest BCUT2D eigenvalue weighted by molar-refractivity contribution is 0.0142. The zero-order valence-corrected chi connectivity index (χ0v) is 22.5. The summed E-state index contributed by atoms with van der Waals surface area (Å²) in [5.41, 5.74) is -0.719. The van der Waals surface area contributed by atoms with Crippen LogP contribution in [0.15, 0.2) is 36.4 Å². The van der Waals surface area contributed by atoms with Gasteiger partial charge in [-0.2, -0.15) is 0 Å². The number of hydrogen-bond donors (Lipinski definition) is 1. The Morgan fingerprint density at radius 2 is 1.26 bits per heavy atom. The van der Waals surface area contributed by atoms with Gasteiger partial charge < -0.3 is 15.0 Å². The van der Waals surface area contributed by atoms with Gasteiger partial charge in [0.2, 0.25) is 0 Å². The molecule has 10 heteroatoms. The molecule has 0 bridgehead atoms. The molecule has 1 N–H and O–H groups in total. The highest BCUT2D eigenvalue weighted by molar-refractivity contribution is 5.68. The van der Waals surface area contributed by atoms with Gasteiger partial charge >= 0.3 is 6.09 Å². The average Bonchev–Trinajstić information content (AvgIpc) is 2.88. The van der Waals surface area contributed by atoms with Gasteiger partial charge in [-0.25, -0.2) is 31.1 Å². The first-order valence-corrected chi connectivity index (χ1v) is 13.2. The van der Waals surface area contributed by atoms with Crippen LogP contribution in [-0.4, -0.2) is 42.8 Å². The number of nitrogens with zero attached hydrogens (tertiary/aromatic N) is 1. The lowest BCUT2D eigenvalue weighted by Crippen LogP contribution is -2.42.